The number of aromatic nitrogens is 1. The lowest BCUT2D eigenvalue weighted by molar-refractivity contribution is -0.137. The molecule has 0 saturated carbocycles. The van der Waals surface area contributed by atoms with E-state index in [-0.39, 0.29) is 18.0 Å². The van der Waals surface area contributed by atoms with E-state index in [0.29, 0.717) is 30.4 Å². The molecule has 6 nitrogen and oxygen atoms in total. The fourth-order valence-electron chi connectivity index (χ4n) is 4.22. The van der Waals surface area contributed by atoms with E-state index in [2.05, 4.69) is 20.9 Å². The van der Waals surface area contributed by atoms with Crippen molar-refractivity contribution in [3.63, 3.8) is 0 Å². The van der Waals surface area contributed by atoms with Crippen LogP contribution in [0, 0.1) is 5.92 Å². The van der Waals surface area contributed by atoms with E-state index < -0.39 is 11.7 Å². The molecule has 1 amide bonds. The zero-order valence-corrected chi connectivity index (χ0v) is 20.5. The quantitative estimate of drug-likeness (QED) is 0.332. The first kappa shape index (κ1) is 26.6. The highest BCUT2D eigenvalue weighted by Crippen LogP contribution is 2.30. The number of nitrogens with one attached hydrogen (secondary N) is 3. The van der Waals surface area contributed by atoms with Crippen LogP contribution < -0.4 is 20.7 Å². The van der Waals surface area contributed by atoms with Crippen LogP contribution in [0.3, 0.4) is 0 Å². The maximum Gasteiger partial charge on any atom is 0.416 e. The molecule has 0 unspecified atom stereocenters. The van der Waals surface area contributed by atoms with E-state index in [0.717, 1.165) is 43.0 Å². The number of rotatable bonds is 10. The van der Waals surface area contributed by atoms with Crippen LogP contribution in [0.25, 0.3) is 0 Å². The standard InChI is InChI=1S/C28H31F3N4O2/c29-28(30,31)22-2-1-3-23(16-22)35-27(36)9-6-20-4-7-25(8-5-20)37-26-12-15-34-24(17-26)19-33-18-21-10-13-32-14-11-21/h1-5,7-8,12,15-17,21,32-33H,6,9-11,13-14,18-19H2,(H,35,36). The summed E-state index contributed by atoms with van der Waals surface area (Å²) in [6.45, 7) is 3.83. The molecular weight excluding hydrogens is 481 g/mol. The normalized spacial score (nSPS) is 14.4. The number of hydrogen-bond donors (Lipinski definition) is 3. The van der Waals surface area contributed by atoms with Crippen molar-refractivity contribution in [2.75, 3.05) is 25.0 Å². The lowest BCUT2D eigenvalue weighted by atomic mass is 9.98. The fourth-order valence-corrected chi connectivity index (χ4v) is 4.22. The average molecular weight is 513 g/mol. The van der Waals surface area contributed by atoms with Gasteiger partial charge in [0.05, 0.1) is 11.3 Å². The summed E-state index contributed by atoms with van der Waals surface area (Å²) < 4.78 is 44.5. The van der Waals surface area contributed by atoms with Gasteiger partial charge in [-0.15, -0.1) is 0 Å². The number of hydrogen-bond acceptors (Lipinski definition) is 5. The van der Waals surface area contributed by atoms with Crippen LogP contribution in [-0.4, -0.2) is 30.5 Å². The second-order valence-electron chi connectivity index (χ2n) is 9.18. The van der Waals surface area contributed by atoms with E-state index >= 15 is 0 Å². The Morgan fingerprint density at radius 2 is 1.81 bits per heavy atom. The summed E-state index contributed by atoms with van der Waals surface area (Å²) in [5, 5.41) is 9.40. The smallest absolute Gasteiger partial charge is 0.416 e. The molecule has 1 aliphatic rings. The van der Waals surface area contributed by atoms with E-state index in [1.807, 2.05) is 36.4 Å². The van der Waals surface area contributed by atoms with Crippen molar-refractivity contribution in [1.29, 1.82) is 0 Å². The molecule has 2 heterocycles. The van der Waals surface area contributed by atoms with Crippen molar-refractivity contribution < 1.29 is 22.7 Å². The van der Waals surface area contributed by atoms with Crippen LogP contribution >= 0.6 is 0 Å². The second-order valence-corrected chi connectivity index (χ2v) is 9.18. The number of nitrogens with zero attached hydrogens (tertiary/aromatic N) is 1. The van der Waals surface area contributed by atoms with Crippen molar-refractivity contribution in [3.05, 3.63) is 83.7 Å². The summed E-state index contributed by atoms with van der Waals surface area (Å²) in [5.74, 6) is 1.71. The van der Waals surface area contributed by atoms with Gasteiger partial charge < -0.3 is 20.7 Å². The number of aryl methyl sites for hydroxylation is 1. The maximum atomic E-state index is 12.8. The monoisotopic (exact) mass is 512 g/mol. The van der Waals surface area contributed by atoms with Crippen molar-refractivity contribution in [1.82, 2.24) is 15.6 Å². The van der Waals surface area contributed by atoms with Gasteiger partial charge in [0.2, 0.25) is 5.91 Å². The summed E-state index contributed by atoms with van der Waals surface area (Å²) >= 11 is 0. The molecule has 0 radical (unpaired) electrons. The van der Waals surface area contributed by atoms with Crippen LogP contribution in [0.5, 0.6) is 11.5 Å². The van der Waals surface area contributed by atoms with Crippen molar-refractivity contribution in [2.24, 2.45) is 5.92 Å². The predicted octanol–water partition coefficient (Wildman–Crippen LogP) is 5.55. The molecule has 0 spiro atoms. The molecule has 3 N–H and O–H groups in total. The molecule has 37 heavy (non-hydrogen) atoms. The highest BCUT2D eigenvalue weighted by Gasteiger charge is 2.30. The SMILES string of the molecule is O=C(CCc1ccc(Oc2ccnc(CNCC3CCNCC3)c2)cc1)Nc1cccc(C(F)(F)F)c1. The van der Waals surface area contributed by atoms with Crippen LogP contribution in [0.15, 0.2) is 66.9 Å². The summed E-state index contributed by atoms with van der Waals surface area (Å²) in [5.41, 5.74) is 1.16. The molecule has 1 saturated heterocycles. The summed E-state index contributed by atoms with van der Waals surface area (Å²) in [6, 6.07) is 15.7. The molecule has 3 aromatic rings. The molecule has 9 heteroatoms. The number of ether oxygens (including phenoxy) is 1. The Labute approximate surface area is 214 Å². The molecule has 1 fully saturated rings. The summed E-state index contributed by atoms with van der Waals surface area (Å²) in [6.07, 6.45) is 0.266. The maximum absolute atomic E-state index is 12.8. The van der Waals surface area contributed by atoms with Crippen molar-refractivity contribution in [2.45, 2.75) is 38.4 Å². The van der Waals surface area contributed by atoms with Gasteiger partial charge in [0, 0.05) is 30.9 Å². The fraction of sp³-hybridized carbons (Fsp3) is 0.357. The van der Waals surface area contributed by atoms with E-state index in [9.17, 15) is 18.0 Å². The Morgan fingerprint density at radius 1 is 1.03 bits per heavy atom. The van der Waals surface area contributed by atoms with E-state index in [4.69, 9.17) is 4.74 Å². The van der Waals surface area contributed by atoms with E-state index in [1.54, 1.807) is 6.20 Å². The zero-order chi connectivity index (χ0) is 26.1. The topological polar surface area (TPSA) is 75.3 Å². The van der Waals surface area contributed by atoms with E-state index in [1.165, 1.54) is 25.0 Å². The van der Waals surface area contributed by atoms with Crippen molar-refractivity contribution in [3.8, 4) is 11.5 Å². The molecule has 0 aliphatic carbocycles. The third kappa shape index (κ3) is 8.58. The third-order valence-electron chi connectivity index (χ3n) is 6.26. The number of amides is 1. The van der Waals surface area contributed by atoms with Gasteiger partial charge in [0.1, 0.15) is 11.5 Å². The summed E-state index contributed by atoms with van der Waals surface area (Å²) in [7, 11) is 0. The first-order valence-corrected chi connectivity index (χ1v) is 12.5. The van der Waals surface area contributed by atoms with Gasteiger partial charge in [-0.3, -0.25) is 9.78 Å². The Morgan fingerprint density at radius 3 is 2.57 bits per heavy atom. The molecule has 1 aliphatic heterocycles. The van der Waals surface area contributed by atoms with Gasteiger partial charge in [-0.25, -0.2) is 0 Å². The number of carbonyl (C=O) groups is 1. The van der Waals surface area contributed by atoms with Gasteiger partial charge in [0.25, 0.3) is 0 Å². The first-order chi connectivity index (χ1) is 17.8. The summed E-state index contributed by atoms with van der Waals surface area (Å²) in [4.78, 5) is 16.6. The minimum absolute atomic E-state index is 0.127. The number of anilines is 1. The van der Waals surface area contributed by atoms with Gasteiger partial charge in [-0.05, 0) is 86.8 Å². The van der Waals surface area contributed by atoms with Crippen LogP contribution in [-0.2, 0) is 23.9 Å². The number of alkyl halides is 3. The molecule has 4 rings (SSSR count). The number of piperidine rings is 1. The van der Waals surface area contributed by atoms with Crippen molar-refractivity contribution >= 4 is 11.6 Å². The molecule has 0 atom stereocenters. The Kier molecular flexibility index (Phi) is 9.14. The molecular formula is C28H31F3N4O2. The first-order valence-electron chi connectivity index (χ1n) is 12.5. The zero-order valence-electron chi connectivity index (χ0n) is 20.5. The molecule has 196 valence electrons. The highest BCUT2D eigenvalue weighted by molar-refractivity contribution is 5.90. The molecule has 1 aromatic heterocycles. The number of halogens is 3. The minimum Gasteiger partial charge on any atom is -0.457 e. The Hall–Kier alpha value is -3.43. The number of benzene rings is 2. The second kappa shape index (κ2) is 12.7. The van der Waals surface area contributed by atoms with Gasteiger partial charge in [0.15, 0.2) is 0 Å². The number of pyridine rings is 1. The third-order valence-corrected chi connectivity index (χ3v) is 6.26. The lowest BCUT2D eigenvalue weighted by Crippen LogP contribution is -2.33. The van der Waals surface area contributed by atoms with Crippen LogP contribution in [0.2, 0.25) is 0 Å². The lowest BCUT2D eigenvalue weighted by Gasteiger charge is -2.22. The average Bonchev–Trinajstić information content (AvgIpc) is 2.89. The molecule has 2 aromatic carbocycles. The Bertz CT molecular complexity index is 1160. The minimum atomic E-state index is -4.45. The van der Waals surface area contributed by atoms with Crippen LogP contribution in [0.4, 0.5) is 18.9 Å². The largest absolute Gasteiger partial charge is 0.457 e. The Balaban J connectivity index is 1.22. The molecule has 0 bridgehead atoms. The van der Waals surface area contributed by atoms with Gasteiger partial charge in [-0.1, -0.05) is 18.2 Å². The highest BCUT2D eigenvalue weighted by atomic mass is 19.4. The van der Waals surface area contributed by atoms with Crippen LogP contribution in [0.1, 0.15) is 36.1 Å². The number of carbonyl (C=O) groups excluding carboxylic acids is 1. The predicted molar refractivity (Wildman–Crippen MR) is 136 cm³/mol. The van der Waals surface area contributed by atoms with Gasteiger partial charge >= 0.3 is 6.18 Å². The van der Waals surface area contributed by atoms with Gasteiger partial charge in [-0.2, -0.15) is 13.2 Å².